The SMILES string of the molecule is O=COC1CCCCC1N=O. The maximum absolute atomic E-state index is 10.2. The van der Waals surface area contributed by atoms with Crippen LogP contribution in [0.1, 0.15) is 25.7 Å². The number of carbonyl (C=O) groups is 1. The van der Waals surface area contributed by atoms with Crippen molar-refractivity contribution in [3.8, 4) is 0 Å². The zero-order valence-corrected chi connectivity index (χ0v) is 6.23. The number of carbonyl (C=O) groups excluding carboxylic acids is 1. The minimum Gasteiger partial charge on any atom is -0.462 e. The van der Waals surface area contributed by atoms with E-state index < -0.39 is 0 Å². The average Bonchev–Trinajstić information content (AvgIpc) is 2.06. The molecule has 1 saturated carbocycles. The number of nitrogens with zero attached hydrogens (tertiary/aromatic N) is 1. The second-order valence-electron chi connectivity index (χ2n) is 2.73. The Balaban J connectivity index is 2.43. The van der Waals surface area contributed by atoms with Gasteiger partial charge in [-0.3, -0.25) is 4.79 Å². The maximum Gasteiger partial charge on any atom is 0.293 e. The Morgan fingerprint density at radius 1 is 1.36 bits per heavy atom. The molecule has 0 N–H and O–H groups in total. The van der Waals surface area contributed by atoms with Crippen molar-refractivity contribution < 1.29 is 9.53 Å². The van der Waals surface area contributed by atoms with Crippen LogP contribution in [0.15, 0.2) is 5.18 Å². The van der Waals surface area contributed by atoms with E-state index in [-0.39, 0.29) is 12.1 Å². The first-order chi connectivity index (χ1) is 5.38. The van der Waals surface area contributed by atoms with E-state index in [1.807, 2.05) is 0 Å². The fraction of sp³-hybridized carbons (Fsp3) is 0.857. The van der Waals surface area contributed by atoms with Crippen LogP contribution in [0.4, 0.5) is 0 Å². The largest absolute Gasteiger partial charge is 0.462 e. The van der Waals surface area contributed by atoms with Crippen molar-refractivity contribution in [3.63, 3.8) is 0 Å². The van der Waals surface area contributed by atoms with Crippen LogP contribution >= 0.6 is 0 Å². The number of hydrogen-bond donors (Lipinski definition) is 0. The molecule has 0 amide bonds. The zero-order chi connectivity index (χ0) is 8.10. The van der Waals surface area contributed by atoms with Crippen LogP contribution in [0.2, 0.25) is 0 Å². The number of hydrogen-bond acceptors (Lipinski definition) is 4. The lowest BCUT2D eigenvalue weighted by Crippen LogP contribution is -2.30. The van der Waals surface area contributed by atoms with E-state index in [9.17, 15) is 9.70 Å². The number of rotatable bonds is 3. The van der Waals surface area contributed by atoms with Crippen LogP contribution in [0.3, 0.4) is 0 Å². The monoisotopic (exact) mass is 157 g/mol. The number of ether oxygens (including phenoxy) is 1. The van der Waals surface area contributed by atoms with Gasteiger partial charge >= 0.3 is 0 Å². The topological polar surface area (TPSA) is 55.7 Å². The standard InChI is InChI=1S/C7H11NO3/c9-5-11-7-4-2-1-3-6(7)8-10/h5-7H,1-4H2. The predicted molar refractivity (Wildman–Crippen MR) is 39.0 cm³/mol. The van der Waals surface area contributed by atoms with Gasteiger partial charge in [0.25, 0.3) is 6.47 Å². The van der Waals surface area contributed by atoms with Gasteiger partial charge in [0.05, 0.1) is 0 Å². The van der Waals surface area contributed by atoms with Gasteiger partial charge in [-0.25, -0.2) is 0 Å². The molecule has 0 aromatic rings. The second-order valence-corrected chi connectivity index (χ2v) is 2.73. The average molecular weight is 157 g/mol. The molecule has 0 aromatic carbocycles. The van der Waals surface area contributed by atoms with Crippen LogP contribution in [-0.4, -0.2) is 18.6 Å². The minimum absolute atomic E-state index is 0.265. The third-order valence-corrected chi connectivity index (χ3v) is 2.03. The summed E-state index contributed by atoms with van der Waals surface area (Å²) in [5, 5.41) is 2.91. The van der Waals surface area contributed by atoms with Gasteiger partial charge in [-0.15, -0.1) is 0 Å². The van der Waals surface area contributed by atoms with Gasteiger partial charge in [0.2, 0.25) is 0 Å². The summed E-state index contributed by atoms with van der Waals surface area (Å²) in [5.41, 5.74) is 0. The molecule has 0 aromatic heterocycles. The second kappa shape index (κ2) is 4.05. The first-order valence-corrected chi connectivity index (χ1v) is 3.80. The van der Waals surface area contributed by atoms with Crippen molar-refractivity contribution in [2.75, 3.05) is 0 Å². The van der Waals surface area contributed by atoms with Crippen LogP contribution in [0.5, 0.6) is 0 Å². The fourth-order valence-corrected chi connectivity index (χ4v) is 1.43. The van der Waals surface area contributed by atoms with Gasteiger partial charge in [-0.05, 0) is 19.3 Å². The molecule has 4 heteroatoms. The number of nitroso groups, excluding NO2 is 1. The first kappa shape index (κ1) is 8.17. The highest BCUT2D eigenvalue weighted by molar-refractivity contribution is 5.37. The molecule has 1 aliphatic carbocycles. The van der Waals surface area contributed by atoms with Crippen molar-refractivity contribution >= 4 is 6.47 Å². The van der Waals surface area contributed by atoms with Gasteiger partial charge in [-0.1, -0.05) is 11.6 Å². The lowest BCUT2D eigenvalue weighted by Gasteiger charge is -2.24. The summed E-state index contributed by atoms with van der Waals surface area (Å²) in [6.07, 6.45) is 3.29. The highest BCUT2D eigenvalue weighted by Gasteiger charge is 2.26. The van der Waals surface area contributed by atoms with Crippen LogP contribution in [0, 0.1) is 4.91 Å². The van der Waals surface area contributed by atoms with E-state index in [1.54, 1.807) is 0 Å². The Morgan fingerprint density at radius 3 is 2.73 bits per heavy atom. The highest BCUT2D eigenvalue weighted by atomic mass is 16.5. The van der Waals surface area contributed by atoms with Gasteiger partial charge < -0.3 is 4.74 Å². The van der Waals surface area contributed by atoms with E-state index in [2.05, 4.69) is 5.18 Å². The first-order valence-electron chi connectivity index (χ1n) is 3.80. The van der Waals surface area contributed by atoms with Gasteiger partial charge in [-0.2, -0.15) is 4.91 Å². The lowest BCUT2D eigenvalue weighted by molar-refractivity contribution is -0.135. The third kappa shape index (κ3) is 2.00. The molecule has 1 fully saturated rings. The van der Waals surface area contributed by atoms with Crippen LogP contribution in [0.25, 0.3) is 0 Å². The molecule has 62 valence electrons. The smallest absolute Gasteiger partial charge is 0.293 e. The van der Waals surface area contributed by atoms with E-state index in [1.165, 1.54) is 0 Å². The molecule has 2 unspecified atom stereocenters. The molecule has 1 aliphatic rings. The van der Waals surface area contributed by atoms with Gasteiger partial charge in [0.1, 0.15) is 12.1 Å². The van der Waals surface area contributed by atoms with Crippen LogP contribution in [-0.2, 0) is 9.53 Å². The van der Waals surface area contributed by atoms with E-state index in [4.69, 9.17) is 4.74 Å². The van der Waals surface area contributed by atoms with E-state index in [0.29, 0.717) is 6.47 Å². The van der Waals surface area contributed by atoms with Crippen molar-refractivity contribution in [2.24, 2.45) is 5.18 Å². The Kier molecular flexibility index (Phi) is 3.01. The molecular formula is C7H11NO3. The third-order valence-electron chi connectivity index (χ3n) is 2.03. The Labute approximate surface area is 64.9 Å². The summed E-state index contributed by atoms with van der Waals surface area (Å²) in [4.78, 5) is 20.2. The summed E-state index contributed by atoms with van der Waals surface area (Å²) in [6, 6.07) is -0.311. The van der Waals surface area contributed by atoms with Crippen molar-refractivity contribution in [1.82, 2.24) is 0 Å². The van der Waals surface area contributed by atoms with Gasteiger partial charge in [0.15, 0.2) is 0 Å². The molecule has 0 saturated heterocycles. The van der Waals surface area contributed by atoms with Gasteiger partial charge in [0, 0.05) is 0 Å². The quantitative estimate of drug-likeness (QED) is 0.457. The molecule has 0 radical (unpaired) electrons. The van der Waals surface area contributed by atoms with E-state index in [0.717, 1.165) is 25.7 Å². The summed E-state index contributed by atoms with van der Waals surface area (Å²) >= 11 is 0. The zero-order valence-electron chi connectivity index (χ0n) is 6.23. The predicted octanol–water partition coefficient (Wildman–Crippen LogP) is 1.24. The molecule has 4 nitrogen and oxygen atoms in total. The summed E-state index contributed by atoms with van der Waals surface area (Å²) in [5.74, 6) is 0. The maximum atomic E-state index is 10.2. The van der Waals surface area contributed by atoms with Crippen molar-refractivity contribution in [3.05, 3.63) is 4.91 Å². The van der Waals surface area contributed by atoms with Crippen molar-refractivity contribution in [2.45, 2.75) is 37.8 Å². The fourth-order valence-electron chi connectivity index (χ4n) is 1.43. The summed E-state index contributed by atoms with van der Waals surface area (Å²) in [7, 11) is 0. The van der Waals surface area contributed by atoms with Crippen LogP contribution < -0.4 is 0 Å². The lowest BCUT2D eigenvalue weighted by atomic mass is 9.93. The summed E-state index contributed by atoms with van der Waals surface area (Å²) in [6.45, 7) is 0.397. The molecule has 0 aliphatic heterocycles. The Morgan fingerprint density at radius 2 is 2.09 bits per heavy atom. The Hall–Kier alpha value is -0.930. The van der Waals surface area contributed by atoms with E-state index >= 15 is 0 Å². The normalized spacial score (nSPS) is 30.9. The summed E-state index contributed by atoms with van der Waals surface area (Å²) < 4.78 is 4.71. The Bertz CT molecular complexity index is 149. The molecule has 0 bridgehead atoms. The molecular weight excluding hydrogens is 146 g/mol. The molecule has 11 heavy (non-hydrogen) atoms. The molecule has 0 heterocycles. The molecule has 2 atom stereocenters. The van der Waals surface area contributed by atoms with Crippen molar-refractivity contribution in [1.29, 1.82) is 0 Å². The molecule has 0 spiro atoms. The highest BCUT2D eigenvalue weighted by Crippen LogP contribution is 2.22. The molecule has 1 rings (SSSR count). The minimum atomic E-state index is -0.311.